The zero-order chi connectivity index (χ0) is 7.84. The van der Waals surface area contributed by atoms with Crippen molar-refractivity contribution >= 4 is 47.5 Å². The van der Waals surface area contributed by atoms with Gasteiger partial charge in [0.05, 0.1) is 0 Å². The average Bonchev–Trinajstić information content (AvgIpc) is 2.34. The summed E-state index contributed by atoms with van der Waals surface area (Å²) in [6.45, 7) is 0. The van der Waals surface area contributed by atoms with E-state index in [9.17, 15) is 0 Å². The summed E-state index contributed by atoms with van der Waals surface area (Å²) in [6.07, 6.45) is 0. The van der Waals surface area contributed by atoms with Gasteiger partial charge in [0, 0.05) is 0 Å². The fraction of sp³-hybridized carbons (Fsp3) is 0. The Kier molecular flexibility index (Phi) is 1.90. The Labute approximate surface area is 78.9 Å². The van der Waals surface area contributed by atoms with E-state index in [0.29, 0.717) is 5.15 Å². The SMILES string of the molecule is Clc1nc(Cl)c2[se]ccc2n1. The fourth-order valence-corrected chi connectivity index (χ4v) is 2.92. The van der Waals surface area contributed by atoms with Crippen molar-refractivity contribution in [1.82, 2.24) is 9.97 Å². The summed E-state index contributed by atoms with van der Waals surface area (Å²) in [7, 11) is 0. The van der Waals surface area contributed by atoms with Crippen LogP contribution in [0.5, 0.6) is 0 Å². The van der Waals surface area contributed by atoms with E-state index in [4.69, 9.17) is 23.2 Å². The Morgan fingerprint density at radius 1 is 1.27 bits per heavy atom. The zero-order valence-electron chi connectivity index (χ0n) is 5.21. The second kappa shape index (κ2) is 2.76. The van der Waals surface area contributed by atoms with Crippen LogP contribution in [-0.4, -0.2) is 24.5 Å². The van der Waals surface area contributed by atoms with Crippen molar-refractivity contribution in [2.75, 3.05) is 0 Å². The Bertz CT molecular complexity index is 398. The molecular formula is C6H2Cl2N2Se. The summed E-state index contributed by atoms with van der Waals surface area (Å²) in [5, 5.41) is 0.709. The van der Waals surface area contributed by atoms with E-state index in [1.807, 2.05) is 6.07 Å². The molecule has 0 saturated heterocycles. The van der Waals surface area contributed by atoms with Gasteiger partial charge in [-0.1, -0.05) is 0 Å². The first-order valence-corrected chi connectivity index (χ1v) is 5.44. The summed E-state index contributed by atoms with van der Waals surface area (Å²) in [6, 6.07) is 1.93. The third kappa shape index (κ3) is 1.29. The van der Waals surface area contributed by atoms with Crippen molar-refractivity contribution in [3.05, 3.63) is 21.4 Å². The fourth-order valence-electron chi connectivity index (χ4n) is 0.801. The van der Waals surface area contributed by atoms with Gasteiger partial charge in [0.15, 0.2) is 0 Å². The molecule has 0 N–H and O–H groups in total. The molecule has 0 aliphatic rings. The van der Waals surface area contributed by atoms with Crippen LogP contribution in [0.3, 0.4) is 0 Å². The first kappa shape index (κ1) is 7.56. The van der Waals surface area contributed by atoms with Crippen molar-refractivity contribution in [2.45, 2.75) is 0 Å². The molecule has 2 nitrogen and oxygen atoms in total. The molecule has 0 aliphatic heterocycles. The van der Waals surface area contributed by atoms with Crippen LogP contribution in [0, 0.1) is 0 Å². The number of nitrogens with zero attached hydrogens (tertiary/aromatic N) is 2. The van der Waals surface area contributed by atoms with E-state index in [1.54, 1.807) is 0 Å². The summed E-state index contributed by atoms with van der Waals surface area (Å²) >= 11 is 11.7. The maximum absolute atomic E-state index is 5.81. The molecule has 2 aromatic heterocycles. The third-order valence-electron chi connectivity index (χ3n) is 1.23. The van der Waals surface area contributed by atoms with E-state index in [-0.39, 0.29) is 19.8 Å². The van der Waals surface area contributed by atoms with Crippen LogP contribution in [0.25, 0.3) is 9.78 Å². The molecule has 0 aromatic carbocycles. The molecule has 0 aliphatic carbocycles. The summed E-state index contributed by atoms with van der Waals surface area (Å²) in [5.74, 6) is 0. The van der Waals surface area contributed by atoms with E-state index < -0.39 is 0 Å². The molecule has 0 spiro atoms. The van der Waals surface area contributed by atoms with Gasteiger partial charge in [0.1, 0.15) is 0 Å². The van der Waals surface area contributed by atoms with E-state index >= 15 is 0 Å². The quantitative estimate of drug-likeness (QED) is 0.407. The molecule has 2 aromatic rings. The van der Waals surface area contributed by atoms with Gasteiger partial charge in [-0.15, -0.1) is 0 Å². The maximum atomic E-state index is 5.81. The van der Waals surface area contributed by atoms with Gasteiger partial charge < -0.3 is 0 Å². The van der Waals surface area contributed by atoms with Crippen LogP contribution in [0.15, 0.2) is 11.0 Å². The first-order valence-electron chi connectivity index (χ1n) is 2.83. The molecule has 2 rings (SSSR count). The number of rotatable bonds is 0. The van der Waals surface area contributed by atoms with Crippen molar-refractivity contribution in [3.63, 3.8) is 0 Å². The molecule has 0 fully saturated rings. The van der Waals surface area contributed by atoms with Gasteiger partial charge in [-0.3, -0.25) is 0 Å². The average molecular weight is 252 g/mol. The predicted octanol–water partition coefficient (Wildman–Crippen LogP) is 1.99. The van der Waals surface area contributed by atoms with Crippen LogP contribution in [0.1, 0.15) is 0 Å². The molecule has 0 unspecified atom stereocenters. The minimum absolute atomic E-state index is 0.219. The molecule has 0 radical (unpaired) electrons. The summed E-state index contributed by atoms with van der Waals surface area (Å²) in [5.41, 5.74) is 0.870. The standard InChI is InChI=1S/C6H2Cl2N2Se/c7-5-4-3(1-2-11-4)9-6(8)10-5/h1-2H. The summed E-state index contributed by atoms with van der Waals surface area (Å²) in [4.78, 5) is 9.90. The number of aromatic nitrogens is 2. The zero-order valence-corrected chi connectivity index (χ0v) is 8.44. The third-order valence-corrected chi connectivity index (χ3v) is 3.84. The Morgan fingerprint density at radius 3 is 2.91 bits per heavy atom. The van der Waals surface area contributed by atoms with E-state index in [2.05, 4.69) is 14.9 Å². The van der Waals surface area contributed by atoms with Crippen LogP contribution in [-0.2, 0) is 0 Å². The number of halogens is 2. The molecule has 0 bridgehead atoms. The van der Waals surface area contributed by atoms with Gasteiger partial charge in [-0.05, 0) is 0 Å². The molecule has 5 heteroatoms. The number of hydrogen-bond acceptors (Lipinski definition) is 2. The van der Waals surface area contributed by atoms with Crippen molar-refractivity contribution in [2.24, 2.45) is 0 Å². The minimum atomic E-state index is 0.219. The monoisotopic (exact) mass is 252 g/mol. The number of fused-ring (bicyclic) bond motifs is 1. The Morgan fingerprint density at radius 2 is 2.09 bits per heavy atom. The molecule has 0 saturated carbocycles. The van der Waals surface area contributed by atoms with Gasteiger partial charge in [-0.25, -0.2) is 0 Å². The van der Waals surface area contributed by atoms with Crippen molar-refractivity contribution < 1.29 is 0 Å². The van der Waals surface area contributed by atoms with E-state index in [0.717, 1.165) is 9.78 Å². The molecular weight excluding hydrogens is 250 g/mol. The Hall–Kier alpha value is -0.0805. The van der Waals surface area contributed by atoms with Crippen LogP contribution >= 0.6 is 23.2 Å². The van der Waals surface area contributed by atoms with Gasteiger partial charge in [-0.2, -0.15) is 0 Å². The number of hydrogen-bond donors (Lipinski definition) is 0. The van der Waals surface area contributed by atoms with Crippen molar-refractivity contribution in [1.29, 1.82) is 0 Å². The first-order chi connectivity index (χ1) is 5.27. The second-order valence-electron chi connectivity index (χ2n) is 1.92. The predicted molar refractivity (Wildman–Crippen MR) is 46.5 cm³/mol. The second-order valence-corrected chi connectivity index (χ2v) is 4.54. The van der Waals surface area contributed by atoms with Crippen LogP contribution < -0.4 is 0 Å². The molecule has 0 amide bonds. The van der Waals surface area contributed by atoms with Gasteiger partial charge >= 0.3 is 78.9 Å². The molecule has 11 heavy (non-hydrogen) atoms. The van der Waals surface area contributed by atoms with Gasteiger partial charge in [0.25, 0.3) is 0 Å². The molecule has 0 atom stereocenters. The summed E-state index contributed by atoms with van der Waals surface area (Å²) < 4.78 is 1.03. The normalized spacial score (nSPS) is 10.7. The van der Waals surface area contributed by atoms with Crippen LogP contribution in [0.4, 0.5) is 0 Å². The van der Waals surface area contributed by atoms with Gasteiger partial charge in [0.2, 0.25) is 0 Å². The molecule has 56 valence electrons. The van der Waals surface area contributed by atoms with E-state index in [1.165, 1.54) is 0 Å². The van der Waals surface area contributed by atoms with Crippen LogP contribution in [0.2, 0.25) is 10.4 Å². The Balaban J connectivity index is 2.91. The topological polar surface area (TPSA) is 25.8 Å². The van der Waals surface area contributed by atoms with Crippen molar-refractivity contribution in [3.8, 4) is 0 Å². The molecule has 2 heterocycles.